The van der Waals surface area contributed by atoms with Gasteiger partial charge in [0.1, 0.15) is 11.6 Å². The second-order valence-corrected chi connectivity index (χ2v) is 9.41. The number of esters is 1. The van der Waals surface area contributed by atoms with Crippen LogP contribution >= 0.6 is 0 Å². The number of amides is 3. The molecule has 174 valence electrons. The van der Waals surface area contributed by atoms with Crippen molar-refractivity contribution in [2.75, 3.05) is 11.9 Å². The van der Waals surface area contributed by atoms with Crippen LogP contribution in [-0.4, -0.2) is 46.8 Å². The van der Waals surface area contributed by atoms with Gasteiger partial charge in [-0.25, -0.2) is 0 Å². The second-order valence-electron chi connectivity index (χ2n) is 9.41. The van der Waals surface area contributed by atoms with Crippen molar-refractivity contribution in [3.63, 3.8) is 0 Å². The number of nitrogens with one attached hydrogen (secondary N) is 2. The number of rotatable bonds is 9. The Labute approximate surface area is 189 Å². The van der Waals surface area contributed by atoms with Crippen LogP contribution in [0.25, 0.3) is 0 Å². The molecule has 32 heavy (non-hydrogen) atoms. The van der Waals surface area contributed by atoms with E-state index >= 15 is 0 Å². The van der Waals surface area contributed by atoms with Crippen molar-refractivity contribution in [3.05, 3.63) is 29.3 Å². The number of imide groups is 1. The summed E-state index contributed by atoms with van der Waals surface area (Å²) in [5.74, 6) is -1.01. The molecule has 2 heterocycles. The minimum absolute atomic E-state index is 0.152. The van der Waals surface area contributed by atoms with Crippen molar-refractivity contribution < 1.29 is 23.9 Å². The highest BCUT2D eigenvalue weighted by Gasteiger charge is 2.39. The molecule has 1 saturated heterocycles. The molecule has 2 N–H and O–H groups in total. The summed E-state index contributed by atoms with van der Waals surface area (Å²) in [6.07, 6.45) is 4.75. The number of carbonyl (C=O) groups excluding carboxylic acids is 4. The summed E-state index contributed by atoms with van der Waals surface area (Å²) in [7, 11) is 0. The van der Waals surface area contributed by atoms with Gasteiger partial charge in [-0.3, -0.25) is 24.5 Å². The number of hydrogen-bond donors (Lipinski definition) is 2. The average molecular weight is 444 g/mol. The number of ether oxygens (including phenoxy) is 1. The maximum Gasteiger partial charge on any atom is 0.306 e. The third-order valence-electron chi connectivity index (χ3n) is 5.63. The first kappa shape index (κ1) is 23.8. The van der Waals surface area contributed by atoms with Gasteiger partial charge in [0.15, 0.2) is 0 Å². The van der Waals surface area contributed by atoms with Crippen LogP contribution in [0.5, 0.6) is 0 Å². The first-order valence-corrected chi connectivity index (χ1v) is 11.4. The van der Waals surface area contributed by atoms with E-state index in [1.165, 1.54) is 0 Å². The topological polar surface area (TPSA) is 105 Å². The molecule has 1 unspecified atom stereocenters. The molecule has 0 radical (unpaired) electrons. The predicted molar refractivity (Wildman–Crippen MR) is 120 cm³/mol. The molecule has 8 heteroatoms. The summed E-state index contributed by atoms with van der Waals surface area (Å²) in [6, 6.07) is 4.97. The van der Waals surface area contributed by atoms with Gasteiger partial charge in [-0.1, -0.05) is 18.9 Å². The standard InChI is InChI=1S/C24H33N3O5/c1-24(2,3)32-21(29)11-6-4-5-7-14-25-18-10-8-9-16-17(18)15-27(23(16)31)19-12-13-20(28)26-22(19)30/h8-10,19,25H,4-7,11-15H2,1-3H3,(H,26,28,30). The number of carbonyl (C=O) groups is 4. The van der Waals surface area contributed by atoms with E-state index < -0.39 is 17.6 Å². The Morgan fingerprint density at radius 2 is 1.91 bits per heavy atom. The smallest absolute Gasteiger partial charge is 0.306 e. The van der Waals surface area contributed by atoms with Crippen molar-refractivity contribution in [1.29, 1.82) is 0 Å². The van der Waals surface area contributed by atoms with Crippen molar-refractivity contribution in [3.8, 4) is 0 Å². The first-order valence-electron chi connectivity index (χ1n) is 11.4. The molecular formula is C24H33N3O5. The molecule has 1 aromatic rings. The fourth-order valence-corrected chi connectivity index (χ4v) is 4.11. The van der Waals surface area contributed by atoms with Crippen LogP contribution in [0.15, 0.2) is 18.2 Å². The Bertz CT molecular complexity index is 890. The van der Waals surface area contributed by atoms with Crippen LogP contribution < -0.4 is 10.6 Å². The molecule has 2 aliphatic rings. The number of anilines is 1. The lowest BCUT2D eigenvalue weighted by atomic mass is 10.0. The van der Waals surface area contributed by atoms with Crippen LogP contribution in [-0.2, 0) is 25.7 Å². The van der Waals surface area contributed by atoms with Crippen LogP contribution in [0.1, 0.15) is 81.6 Å². The van der Waals surface area contributed by atoms with E-state index in [2.05, 4.69) is 10.6 Å². The molecule has 2 aliphatic heterocycles. The molecule has 3 amide bonds. The molecule has 0 aliphatic carbocycles. The van der Waals surface area contributed by atoms with E-state index in [1.807, 2.05) is 32.9 Å². The minimum atomic E-state index is -0.606. The van der Waals surface area contributed by atoms with Crippen molar-refractivity contribution >= 4 is 29.4 Å². The predicted octanol–water partition coefficient (Wildman–Crippen LogP) is 3.15. The lowest BCUT2D eigenvalue weighted by Gasteiger charge is -2.29. The Kier molecular flexibility index (Phi) is 7.53. The molecule has 0 saturated carbocycles. The highest BCUT2D eigenvalue weighted by Crippen LogP contribution is 2.32. The van der Waals surface area contributed by atoms with E-state index in [4.69, 9.17) is 4.74 Å². The summed E-state index contributed by atoms with van der Waals surface area (Å²) in [4.78, 5) is 49.8. The fraction of sp³-hybridized carbons (Fsp3) is 0.583. The highest BCUT2D eigenvalue weighted by atomic mass is 16.6. The van der Waals surface area contributed by atoms with Crippen molar-refractivity contribution in [1.82, 2.24) is 10.2 Å². The Morgan fingerprint density at radius 1 is 1.16 bits per heavy atom. The van der Waals surface area contributed by atoms with Gasteiger partial charge >= 0.3 is 5.97 Å². The average Bonchev–Trinajstić information content (AvgIpc) is 3.03. The number of piperidine rings is 1. The Hall–Kier alpha value is -2.90. The lowest BCUT2D eigenvalue weighted by molar-refractivity contribution is -0.155. The molecule has 1 fully saturated rings. The molecule has 3 rings (SSSR count). The van der Waals surface area contributed by atoms with E-state index in [-0.39, 0.29) is 24.2 Å². The van der Waals surface area contributed by atoms with Gasteiger partial charge < -0.3 is 15.0 Å². The summed E-state index contributed by atoms with van der Waals surface area (Å²) in [6.45, 7) is 6.73. The second kappa shape index (κ2) is 10.1. The largest absolute Gasteiger partial charge is 0.460 e. The Morgan fingerprint density at radius 3 is 2.62 bits per heavy atom. The zero-order valence-corrected chi connectivity index (χ0v) is 19.2. The molecule has 1 aromatic carbocycles. The van der Waals surface area contributed by atoms with Crippen LogP contribution in [0.2, 0.25) is 0 Å². The van der Waals surface area contributed by atoms with Crippen LogP contribution in [0, 0.1) is 0 Å². The number of benzene rings is 1. The zero-order valence-electron chi connectivity index (χ0n) is 19.2. The molecule has 1 atom stereocenters. The molecule has 0 aromatic heterocycles. The van der Waals surface area contributed by atoms with Gasteiger partial charge in [-0.2, -0.15) is 0 Å². The first-order chi connectivity index (χ1) is 15.2. The molecule has 8 nitrogen and oxygen atoms in total. The van der Waals surface area contributed by atoms with E-state index in [9.17, 15) is 19.2 Å². The maximum atomic E-state index is 12.9. The van der Waals surface area contributed by atoms with Crippen molar-refractivity contribution in [2.24, 2.45) is 0 Å². The van der Waals surface area contributed by atoms with Gasteiger partial charge in [-0.15, -0.1) is 0 Å². The number of nitrogens with zero attached hydrogens (tertiary/aromatic N) is 1. The maximum absolute atomic E-state index is 12.9. The summed E-state index contributed by atoms with van der Waals surface area (Å²) < 4.78 is 5.31. The van der Waals surface area contributed by atoms with Crippen LogP contribution in [0.4, 0.5) is 5.69 Å². The summed E-state index contributed by atoms with van der Waals surface area (Å²) >= 11 is 0. The quantitative estimate of drug-likeness (QED) is 0.345. The van der Waals surface area contributed by atoms with Gasteiger partial charge in [0.2, 0.25) is 11.8 Å². The van der Waals surface area contributed by atoms with E-state index in [0.717, 1.165) is 43.5 Å². The normalized spacial score (nSPS) is 18.4. The van der Waals surface area contributed by atoms with Crippen LogP contribution in [0.3, 0.4) is 0 Å². The fourth-order valence-electron chi connectivity index (χ4n) is 4.11. The molecular weight excluding hydrogens is 410 g/mol. The van der Waals surface area contributed by atoms with Gasteiger partial charge in [0, 0.05) is 42.7 Å². The molecule has 0 spiro atoms. The van der Waals surface area contributed by atoms with E-state index in [1.54, 1.807) is 11.0 Å². The van der Waals surface area contributed by atoms with E-state index in [0.29, 0.717) is 24.9 Å². The highest BCUT2D eigenvalue weighted by molar-refractivity contribution is 6.06. The molecule has 0 bridgehead atoms. The SMILES string of the molecule is CC(C)(C)OC(=O)CCCCCCNc1cccc2c1CN(C1CCC(=O)NC1=O)C2=O. The zero-order chi connectivity index (χ0) is 23.3. The monoisotopic (exact) mass is 443 g/mol. The van der Waals surface area contributed by atoms with Gasteiger partial charge in [-0.05, 0) is 52.2 Å². The summed E-state index contributed by atoms with van der Waals surface area (Å²) in [5, 5.41) is 5.74. The minimum Gasteiger partial charge on any atom is -0.460 e. The summed E-state index contributed by atoms with van der Waals surface area (Å²) in [5.41, 5.74) is 1.97. The third kappa shape index (κ3) is 6.08. The Balaban J connectivity index is 1.44. The number of unbranched alkanes of at least 4 members (excludes halogenated alkanes) is 3. The van der Waals surface area contributed by atoms with Gasteiger partial charge in [0.05, 0.1) is 0 Å². The van der Waals surface area contributed by atoms with Crippen molar-refractivity contribution in [2.45, 2.75) is 83.9 Å². The van der Waals surface area contributed by atoms with Gasteiger partial charge in [0.25, 0.3) is 5.91 Å². The number of hydrogen-bond acceptors (Lipinski definition) is 6. The lowest BCUT2D eigenvalue weighted by Crippen LogP contribution is -2.52. The third-order valence-corrected chi connectivity index (χ3v) is 5.63. The number of fused-ring (bicyclic) bond motifs is 1.